The number of hydrogen-bond acceptors (Lipinski definition) is 3. The van der Waals surface area contributed by atoms with E-state index in [-0.39, 0.29) is 17.2 Å². The molecule has 4 nitrogen and oxygen atoms in total. The van der Waals surface area contributed by atoms with E-state index in [1.54, 1.807) is 18.0 Å². The third kappa shape index (κ3) is 2.12. The molecule has 1 aliphatic rings. The zero-order chi connectivity index (χ0) is 13.1. The first-order chi connectivity index (χ1) is 8.69. The topological polar surface area (TPSA) is 41.6 Å². The highest BCUT2D eigenvalue weighted by atomic mass is 19.1. The molecule has 0 saturated carbocycles. The molecule has 1 aromatic rings. The summed E-state index contributed by atoms with van der Waals surface area (Å²) in [5.74, 6) is -0.769. The van der Waals surface area contributed by atoms with E-state index < -0.39 is 5.82 Å². The number of ether oxygens (including phenoxy) is 1. The largest absolute Gasteiger partial charge is 0.492 e. The monoisotopic (exact) mass is 252 g/mol. The second-order valence-electron chi connectivity index (χ2n) is 4.26. The van der Waals surface area contributed by atoms with Crippen molar-refractivity contribution < 1.29 is 13.9 Å². The summed E-state index contributed by atoms with van der Waals surface area (Å²) in [7, 11) is 3.07. The van der Waals surface area contributed by atoms with Gasteiger partial charge >= 0.3 is 0 Å². The van der Waals surface area contributed by atoms with Gasteiger partial charge in [0, 0.05) is 20.1 Å². The average molecular weight is 252 g/mol. The van der Waals surface area contributed by atoms with Crippen LogP contribution in [0.5, 0.6) is 5.75 Å². The van der Waals surface area contributed by atoms with Crippen molar-refractivity contribution >= 4 is 11.6 Å². The lowest BCUT2D eigenvalue weighted by Gasteiger charge is -2.17. The van der Waals surface area contributed by atoms with Crippen LogP contribution in [0.4, 0.5) is 10.1 Å². The molecule has 1 fully saturated rings. The van der Waals surface area contributed by atoms with Gasteiger partial charge in [-0.3, -0.25) is 4.79 Å². The lowest BCUT2D eigenvalue weighted by molar-refractivity contribution is 0.0787. The van der Waals surface area contributed by atoms with Crippen molar-refractivity contribution in [3.05, 3.63) is 23.5 Å². The zero-order valence-electron chi connectivity index (χ0n) is 10.6. The summed E-state index contributed by atoms with van der Waals surface area (Å²) in [5.41, 5.74) is 0.612. The number of methoxy groups -OCH3 is 1. The van der Waals surface area contributed by atoms with Crippen LogP contribution in [-0.2, 0) is 0 Å². The fourth-order valence-electron chi connectivity index (χ4n) is 2.21. The first-order valence-electron chi connectivity index (χ1n) is 6.02. The number of nitrogens with one attached hydrogen (secondary N) is 1. The van der Waals surface area contributed by atoms with Crippen molar-refractivity contribution in [2.45, 2.75) is 12.8 Å². The smallest absolute Gasteiger partial charge is 0.256 e. The van der Waals surface area contributed by atoms with Gasteiger partial charge in [-0.05, 0) is 25.0 Å². The Labute approximate surface area is 106 Å². The van der Waals surface area contributed by atoms with Gasteiger partial charge in [0.05, 0.1) is 18.4 Å². The standard InChI is InChI=1S/C13H17FN2O2/c1-15-10-6-5-9(11(14)12(10)18-2)13(17)16-7-3-4-8-16/h5-6,15H,3-4,7-8H2,1-2H3. The van der Waals surface area contributed by atoms with Crippen molar-refractivity contribution in [2.75, 3.05) is 32.6 Å². The van der Waals surface area contributed by atoms with Gasteiger partial charge in [0.2, 0.25) is 0 Å². The molecule has 0 spiro atoms. The second kappa shape index (κ2) is 5.25. The Kier molecular flexibility index (Phi) is 3.69. The van der Waals surface area contributed by atoms with Crippen LogP contribution in [0.1, 0.15) is 23.2 Å². The maximum absolute atomic E-state index is 14.2. The summed E-state index contributed by atoms with van der Waals surface area (Å²) in [4.78, 5) is 13.8. The Balaban J connectivity index is 2.36. The quantitative estimate of drug-likeness (QED) is 0.895. The van der Waals surface area contributed by atoms with Crippen molar-refractivity contribution in [1.29, 1.82) is 0 Å². The van der Waals surface area contributed by atoms with E-state index in [4.69, 9.17) is 4.74 Å². The van der Waals surface area contributed by atoms with Crippen LogP contribution < -0.4 is 10.1 Å². The molecule has 1 saturated heterocycles. The number of nitrogens with zero attached hydrogens (tertiary/aromatic N) is 1. The molecule has 1 heterocycles. The van der Waals surface area contributed by atoms with Gasteiger partial charge in [0.1, 0.15) is 0 Å². The molecule has 0 unspecified atom stereocenters. The van der Waals surface area contributed by atoms with Gasteiger partial charge < -0.3 is 15.0 Å². The Morgan fingerprint density at radius 3 is 2.61 bits per heavy atom. The number of halogens is 1. The third-order valence-corrected chi connectivity index (χ3v) is 3.19. The lowest BCUT2D eigenvalue weighted by Crippen LogP contribution is -2.28. The fourth-order valence-corrected chi connectivity index (χ4v) is 2.21. The van der Waals surface area contributed by atoms with E-state index in [0.29, 0.717) is 18.8 Å². The van der Waals surface area contributed by atoms with Crippen LogP contribution >= 0.6 is 0 Å². The van der Waals surface area contributed by atoms with E-state index in [1.165, 1.54) is 13.2 Å². The minimum absolute atomic E-state index is 0.0766. The predicted octanol–water partition coefficient (Wildman–Crippen LogP) is 2.11. The van der Waals surface area contributed by atoms with Crippen LogP contribution in [0.2, 0.25) is 0 Å². The fraction of sp³-hybridized carbons (Fsp3) is 0.462. The summed E-state index contributed by atoms with van der Waals surface area (Å²) in [6, 6.07) is 3.16. The number of hydrogen-bond donors (Lipinski definition) is 1. The molecular formula is C13H17FN2O2. The molecule has 0 bridgehead atoms. The molecule has 1 aliphatic heterocycles. The first-order valence-corrected chi connectivity index (χ1v) is 6.02. The highest BCUT2D eigenvalue weighted by Crippen LogP contribution is 2.30. The van der Waals surface area contributed by atoms with Gasteiger partial charge in [-0.15, -0.1) is 0 Å². The van der Waals surface area contributed by atoms with Crippen molar-refractivity contribution in [1.82, 2.24) is 4.90 Å². The SMILES string of the molecule is CNc1ccc(C(=O)N2CCCC2)c(F)c1OC. The van der Waals surface area contributed by atoms with Crippen LogP contribution in [0, 0.1) is 5.82 Å². The van der Waals surface area contributed by atoms with Gasteiger partial charge in [-0.1, -0.05) is 0 Å². The zero-order valence-corrected chi connectivity index (χ0v) is 10.6. The number of likely N-dealkylation sites (tertiary alicyclic amines) is 1. The van der Waals surface area contributed by atoms with Crippen LogP contribution in [0.3, 0.4) is 0 Å². The van der Waals surface area contributed by atoms with Gasteiger partial charge in [0.25, 0.3) is 5.91 Å². The molecule has 0 radical (unpaired) electrons. The van der Waals surface area contributed by atoms with Crippen LogP contribution in [0.25, 0.3) is 0 Å². The molecule has 2 rings (SSSR count). The highest BCUT2D eigenvalue weighted by Gasteiger charge is 2.24. The molecule has 0 aromatic heterocycles. The normalized spacial score (nSPS) is 14.7. The summed E-state index contributed by atoms with van der Waals surface area (Å²) in [6.45, 7) is 1.41. The molecule has 5 heteroatoms. The number of rotatable bonds is 3. The Bertz CT molecular complexity index is 457. The Morgan fingerprint density at radius 1 is 1.39 bits per heavy atom. The van der Waals surface area contributed by atoms with Crippen LogP contribution in [-0.4, -0.2) is 38.1 Å². The minimum Gasteiger partial charge on any atom is -0.492 e. The predicted molar refractivity (Wildman–Crippen MR) is 67.6 cm³/mol. The number of amides is 1. The van der Waals surface area contributed by atoms with E-state index >= 15 is 0 Å². The first kappa shape index (κ1) is 12.7. The van der Waals surface area contributed by atoms with Gasteiger partial charge in [0.15, 0.2) is 11.6 Å². The molecule has 18 heavy (non-hydrogen) atoms. The average Bonchev–Trinajstić information content (AvgIpc) is 2.91. The summed E-state index contributed by atoms with van der Waals surface area (Å²) >= 11 is 0. The van der Waals surface area contributed by atoms with E-state index in [0.717, 1.165) is 12.8 Å². The summed E-state index contributed by atoms with van der Waals surface area (Å²) in [6.07, 6.45) is 1.97. The maximum atomic E-state index is 14.2. The molecular weight excluding hydrogens is 235 g/mol. The van der Waals surface area contributed by atoms with E-state index in [1.807, 2.05) is 0 Å². The highest BCUT2D eigenvalue weighted by molar-refractivity contribution is 5.95. The number of carbonyl (C=O) groups is 1. The number of benzene rings is 1. The molecule has 1 aromatic carbocycles. The van der Waals surface area contributed by atoms with E-state index in [9.17, 15) is 9.18 Å². The summed E-state index contributed by atoms with van der Waals surface area (Å²) < 4.78 is 19.2. The molecule has 0 aliphatic carbocycles. The molecule has 1 N–H and O–H groups in total. The van der Waals surface area contributed by atoms with Crippen LogP contribution in [0.15, 0.2) is 12.1 Å². The van der Waals surface area contributed by atoms with E-state index in [2.05, 4.69) is 5.32 Å². The Hall–Kier alpha value is -1.78. The lowest BCUT2D eigenvalue weighted by atomic mass is 10.1. The van der Waals surface area contributed by atoms with Crippen molar-refractivity contribution in [3.8, 4) is 5.75 Å². The van der Waals surface area contributed by atoms with Crippen molar-refractivity contribution in [3.63, 3.8) is 0 Å². The number of anilines is 1. The van der Waals surface area contributed by atoms with Gasteiger partial charge in [-0.2, -0.15) is 0 Å². The molecule has 1 amide bonds. The van der Waals surface area contributed by atoms with Crippen molar-refractivity contribution in [2.24, 2.45) is 0 Å². The maximum Gasteiger partial charge on any atom is 0.256 e. The second-order valence-corrected chi connectivity index (χ2v) is 4.26. The molecule has 98 valence electrons. The Morgan fingerprint density at radius 2 is 2.06 bits per heavy atom. The number of carbonyl (C=O) groups excluding carboxylic acids is 1. The summed E-state index contributed by atoms with van der Waals surface area (Å²) in [5, 5.41) is 2.83. The van der Waals surface area contributed by atoms with Gasteiger partial charge in [-0.25, -0.2) is 4.39 Å². The molecule has 0 atom stereocenters. The minimum atomic E-state index is -0.596. The third-order valence-electron chi connectivity index (χ3n) is 3.19.